The summed E-state index contributed by atoms with van der Waals surface area (Å²) in [6.07, 6.45) is 3.16. The molecule has 0 aliphatic carbocycles. The Bertz CT molecular complexity index is 1160. The van der Waals surface area contributed by atoms with Crippen LogP contribution in [0.15, 0.2) is 41.3 Å². The van der Waals surface area contributed by atoms with E-state index in [1.165, 1.54) is 23.9 Å². The van der Waals surface area contributed by atoms with E-state index in [1.54, 1.807) is 29.2 Å². The predicted molar refractivity (Wildman–Crippen MR) is 121 cm³/mol. The third kappa shape index (κ3) is 4.44. The summed E-state index contributed by atoms with van der Waals surface area (Å²) in [5.41, 5.74) is 0.487. The van der Waals surface area contributed by atoms with Crippen molar-refractivity contribution in [3.8, 4) is 0 Å². The van der Waals surface area contributed by atoms with Gasteiger partial charge in [0.2, 0.25) is 5.91 Å². The highest BCUT2D eigenvalue weighted by molar-refractivity contribution is 6.21. The van der Waals surface area contributed by atoms with Crippen LogP contribution < -0.4 is 10.9 Å². The summed E-state index contributed by atoms with van der Waals surface area (Å²) in [5.74, 6) is -1.02. The van der Waals surface area contributed by atoms with Crippen molar-refractivity contribution in [2.75, 3.05) is 25.0 Å². The first kappa shape index (κ1) is 22.4. The lowest BCUT2D eigenvalue weighted by Gasteiger charge is -2.30. The van der Waals surface area contributed by atoms with Gasteiger partial charge in [0, 0.05) is 39.3 Å². The van der Waals surface area contributed by atoms with Gasteiger partial charge in [0.25, 0.3) is 23.3 Å². The summed E-state index contributed by atoms with van der Waals surface area (Å²) < 4.78 is 1.26. The largest absolute Gasteiger partial charge is 0.339 e. The number of carbonyl (C=O) groups is 4. The monoisotopic (exact) mass is 450 g/mol. The van der Waals surface area contributed by atoms with Crippen LogP contribution in [0.5, 0.6) is 0 Å². The molecule has 9 nitrogen and oxygen atoms in total. The maximum absolute atomic E-state index is 12.9. The standard InChI is InChI=1S/C24H26N4O5/c1-15-7-10-27(11-8-15)21(30)16-13-19(24(33)26(2)14-16)25-20(29)9-12-28-22(31)17-5-3-4-6-18(17)23(28)32/h3-6,13-15H,7-12H2,1-2H3,(H,25,29). The summed E-state index contributed by atoms with van der Waals surface area (Å²) in [6.45, 7) is 3.36. The van der Waals surface area contributed by atoms with Crippen molar-refractivity contribution in [3.05, 3.63) is 63.6 Å². The molecular weight excluding hydrogens is 424 g/mol. The van der Waals surface area contributed by atoms with Crippen LogP contribution in [-0.4, -0.2) is 57.6 Å². The van der Waals surface area contributed by atoms with E-state index in [4.69, 9.17) is 0 Å². The second-order valence-electron chi connectivity index (χ2n) is 8.64. The van der Waals surface area contributed by atoms with Gasteiger partial charge in [-0.05, 0) is 37.0 Å². The number of fused-ring (bicyclic) bond motifs is 1. The van der Waals surface area contributed by atoms with Gasteiger partial charge in [-0.25, -0.2) is 0 Å². The molecule has 0 unspecified atom stereocenters. The number of anilines is 1. The number of benzene rings is 1. The molecule has 1 aromatic heterocycles. The Labute approximate surface area is 191 Å². The number of pyridine rings is 1. The first-order valence-electron chi connectivity index (χ1n) is 11.0. The van der Waals surface area contributed by atoms with Crippen molar-refractivity contribution in [2.24, 2.45) is 13.0 Å². The molecular formula is C24H26N4O5. The highest BCUT2D eigenvalue weighted by atomic mass is 16.2. The number of hydrogen-bond donors (Lipinski definition) is 1. The van der Waals surface area contributed by atoms with Gasteiger partial charge in [-0.3, -0.25) is 28.9 Å². The van der Waals surface area contributed by atoms with Crippen LogP contribution in [0.2, 0.25) is 0 Å². The number of nitrogens with zero attached hydrogens (tertiary/aromatic N) is 3. The van der Waals surface area contributed by atoms with Crippen molar-refractivity contribution in [2.45, 2.75) is 26.2 Å². The number of carbonyl (C=O) groups excluding carboxylic acids is 4. The molecule has 9 heteroatoms. The van der Waals surface area contributed by atoms with Gasteiger partial charge in [0.1, 0.15) is 5.69 Å². The van der Waals surface area contributed by atoms with Gasteiger partial charge in [-0.15, -0.1) is 0 Å². The molecule has 0 saturated carbocycles. The van der Waals surface area contributed by atoms with Crippen LogP contribution in [0, 0.1) is 5.92 Å². The number of piperidine rings is 1. The van der Waals surface area contributed by atoms with Crippen LogP contribution in [-0.2, 0) is 11.8 Å². The van der Waals surface area contributed by atoms with E-state index in [-0.39, 0.29) is 24.6 Å². The van der Waals surface area contributed by atoms with E-state index < -0.39 is 23.3 Å². The second-order valence-corrected chi connectivity index (χ2v) is 8.64. The SMILES string of the molecule is CC1CCN(C(=O)c2cc(NC(=O)CCN3C(=O)c4ccccc4C3=O)c(=O)n(C)c2)CC1. The maximum Gasteiger partial charge on any atom is 0.274 e. The fourth-order valence-corrected chi connectivity index (χ4v) is 4.18. The molecule has 3 heterocycles. The molecule has 1 aromatic carbocycles. The summed E-state index contributed by atoms with van der Waals surface area (Å²) in [6, 6.07) is 7.89. The summed E-state index contributed by atoms with van der Waals surface area (Å²) in [5, 5.41) is 2.54. The fraction of sp³-hybridized carbons (Fsp3) is 0.375. The number of nitrogens with one attached hydrogen (secondary N) is 1. The normalized spacial score (nSPS) is 16.2. The Kier molecular flexibility index (Phi) is 6.13. The quantitative estimate of drug-likeness (QED) is 0.700. The van der Waals surface area contributed by atoms with Crippen LogP contribution in [0.3, 0.4) is 0 Å². The molecule has 0 radical (unpaired) electrons. The Balaban J connectivity index is 1.43. The third-order valence-electron chi connectivity index (χ3n) is 6.22. The van der Waals surface area contributed by atoms with E-state index in [1.807, 2.05) is 0 Å². The molecule has 4 rings (SSSR count). The molecule has 0 spiro atoms. The molecule has 4 amide bonds. The number of aromatic nitrogens is 1. The van der Waals surface area contributed by atoms with Crippen LogP contribution in [0.4, 0.5) is 5.69 Å². The van der Waals surface area contributed by atoms with Crippen molar-refractivity contribution in [1.82, 2.24) is 14.4 Å². The number of amides is 4. The highest BCUT2D eigenvalue weighted by Gasteiger charge is 2.35. The van der Waals surface area contributed by atoms with Gasteiger partial charge in [-0.2, -0.15) is 0 Å². The molecule has 2 aliphatic rings. The van der Waals surface area contributed by atoms with Gasteiger partial charge in [-0.1, -0.05) is 19.1 Å². The lowest BCUT2D eigenvalue weighted by Crippen LogP contribution is -2.38. The minimum atomic E-state index is -0.528. The zero-order valence-electron chi connectivity index (χ0n) is 18.7. The van der Waals surface area contributed by atoms with Crippen molar-refractivity contribution < 1.29 is 19.2 Å². The lowest BCUT2D eigenvalue weighted by molar-refractivity contribution is -0.116. The van der Waals surface area contributed by atoms with Gasteiger partial charge < -0.3 is 14.8 Å². The van der Waals surface area contributed by atoms with Crippen LogP contribution >= 0.6 is 0 Å². The Hall–Kier alpha value is -3.75. The summed E-state index contributed by atoms with van der Waals surface area (Å²) in [7, 11) is 1.52. The molecule has 0 bridgehead atoms. The molecule has 2 aliphatic heterocycles. The fourth-order valence-electron chi connectivity index (χ4n) is 4.18. The summed E-state index contributed by atoms with van der Waals surface area (Å²) >= 11 is 0. The lowest BCUT2D eigenvalue weighted by atomic mass is 9.99. The predicted octanol–water partition coefficient (Wildman–Crippen LogP) is 1.88. The van der Waals surface area contributed by atoms with E-state index in [0.717, 1.165) is 17.7 Å². The zero-order valence-corrected chi connectivity index (χ0v) is 18.7. The minimum absolute atomic E-state index is 0.0129. The highest BCUT2D eigenvalue weighted by Crippen LogP contribution is 2.23. The van der Waals surface area contributed by atoms with Crippen molar-refractivity contribution in [3.63, 3.8) is 0 Å². The minimum Gasteiger partial charge on any atom is -0.339 e. The number of likely N-dealkylation sites (tertiary alicyclic amines) is 1. The van der Waals surface area contributed by atoms with Gasteiger partial charge >= 0.3 is 0 Å². The average Bonchev–Trinajstić information content (AvgIpc) is 3.05. The van der Waals surface area contributed by atoms with E-state index in [9.17, 15) is 24.0 Å². The number of imide groups is 1. The topological polar surface area (TPSA) is 109 Å². The number of hydrogen-bond acceptors (Lipinski definition) is 5. The Morgan fingerprint density at radius 3 is 2.24 bits per heavy atom. The first-order chi connectivity index (χ1) is 15.8. The van der Waals surface area contributed by atoms with Crippen molar-refractivity contribution in [1.29, 1.82) is 0 Å². The smallest absolute Gasteiger partial charge is 0.274 e. The second kappa shape index (κ2) is 9.01. The van der Waals surface area contributed by atoms with Crippen molar-refractivity contribution >= 4 is 29.3 Å². The molecule has 0 atom stereocenters. The summed E-state index contributed by atoms with van der Waals surface area (Å²) in [4.78, 5) is 65.6. The molecule has 1 saturated heterocycles. The molecule has 1 fully saturated rings. The van der Waals surface area contributed by atoms with Gasteiger partial charge in [0.15, 0.2) is 0 Å². The zero-order chi connectivity index (χ0) is 23.7. The molecule has 2 aromatic rings. The van der Waals surface area contributed by atoms with Crippen LogP contribution in [0.25, 0.3) is 0 Å². The molecule has 1 N–H and O–H groups in total. The molecule has 172 valence electrons. The van der Waals surface area contributed by atoms with Crippen LogP contribution in [0.1, 0.15) is 57.3 Å². The number of rotatable bonds is 5. The number of aryl methyl sites for hydroxylation is 1. The third-order valence-corrected chi connectivity index (χ3v) is 6.22. The Morgan fingerprint density at radius 1 is 1.03 bits per heavy atom. The molecule has 33 heavy (non-hydrogen) atoms. The maximum atomic E-state index is 12.9. The van der Waals surface area contributed by atoms with Gasteiger partial charge in [0.05, 0.1) is 16.7 Å². The Morgan fingerprint density at radius 2 is 1.64 bits per heavy atom. The van der Waals surface area contributed by atoms with E-state index in [0.29, 0.717) is 35.7 Å². The average molecular weight is 450 g/mol. The van der Waals surface area contributed by atoms with E-state index >= 15 is 0 Å². The first-order valence-corrected chi connectivity index (χ1v) is 11.0. The van der Waals surface area contributed by atoms with E-state index in [2.05, 4.69) is 12.2 Å².